The first-order valence-corrected chi connectivity index (χ1v) is 8.15. The molecule has 22 heavy (non-hydrogen) atoms. The van der Waals surface area contributed by atoms with E-state index in [0.29, 0.717) is 6.61 Å². The first-order chi connectivity index (χ1) is 10.7. The zero-order valence-electron chi connectivity index (χ0n) is 14.9. The number of hydrogen-bond donors (Lipinski definition) is 0. The molecule has 0 N–H and O–H groups in total. The Labute approximate surface area is 135 Å². The molecule has 0 aliphatic carbocycles. The molecule has 0 fully saturated rings. The van der Waals surface area contributed by atoms with E-state index >= 15 is 0 Å². The summed E-state index contributed by atoms with van der Waals surface area (Å²) < 4.78 is 27.0. The fraction of sp³-hybridized carbons (Fsp3) is 0.882. The molecule has 1 unspecified atom stereocenters. The molecule has 0 aromatic rings. The third kappa shape index (κ3) is 8.13. The van der Waals surface area contributed by atoms with Gasteiger partial charge in [0.25, 0.3) is 0 Å². The summed E-state index contributed by atoms with van der Waals surface area (Å²) in [5, 5.41) is 0. The van der Waals surface area contributed by atoms with Crippen LogP contribution in [0, 0.1) is 0 Å². The summed E-state index contributed by atoms with van der Waals surface area (Å²) in [5.41, 5.74) is 0. The van der Waals surface area contributed by atoms with Crippen molar-refractivity contribution in [3.05, 3.63) is 12.3 Å². The molecular weight excluding hydrogens is 284 g/mol. The van der Waals surface area contributed by atoms with Gasteiger partial charge in [0.15, 0.2) is 6.10 Å². The van der Waals surface area contributed by atoms with Crippen molar-refractivity contribution in [2.24, 2.45) is 0 Å². The molecule has 5 nitrogen and oxygen atoms in total. The maximum absolute atomic E-state index is 5.77. The van der Waals surface area contributed by atoms with Crippen LogP contribution in [0.5, 0.6) is 0 Å². The Morgan fingerprint density at radius 1 is 0.864 bits per heavy atom. The Bertz CT molecular complexity index is 256. The van der Waals surface area contributed by atoms with Crippen molar-refractivity contribution in [1.82, 2.24) is 0 Å². The first kappa shape index (κ1) is 21.4. The van der Waals surface area contributed by atoms with Crippen LogP contribution in [-0.4, -0.2) is 47.1 Å². The minimum Gasteiger partial charge on any atom is -0.490 e. The normalized spacial score (nSPS) is 13.7. The van der Waals surface area contributed by atoms with Crippen LogP contribution in [0.15, 0.2) is 12.3 Å². The molecule has 1 atom stereocenters. The Morgan fingerprint density at radius 3 is 2.00 bits per heavy atom. The maximum Gasteiger partial charge on any atom is 0.321 e. The summed E-state index contributed by atoms with van der Waals surface area (Å²) >= 11 is 0. The Hall–Kier alpha value is -0.620. The van der Waals surface area contributed by atoms with Crippen LogP contribution >= 0.6 is 0 Å². The number of ether oxygens (including phenoxy) is 5. The molecule has 5 heteroatoms. The summed E-state index contributed by atoms with van der Waals surface area (Å²) in [5.74, 6) is -1.18. The van der Waals surface area contributed by atoms with Crippen LogP contribution < -0.4 is 0 Å². The minimum atomic E-state index is -1.18. The van der Waals surface area contributed by atoms with Crippen molar-refractivity contribution in [2.45, 2.75) is 63.9 Å². The van der Waals surface area contributed by atoms with E-state index in [4.69, 9.17) is 23.7 Å². The van der Waals surface area contributed by atoms with E-state index in [2.05, 4.69) is 6.92 Å². The van der Waals surface area contributed by atoms with Crippen molar-refractivity contribution >= 4 is 0 Å². The van der Waals surface area contributed by atoms with Gasteiger partial charge in [0.1, 0.15) is 0 Å². The zero-order valence-corrected chi connectivity index (χ0v) is 14.9. The molecule has 0 aliphatic heterocycles. The maximum atomic E-state index is 5.77. The minimum absolute atomic E-state index is 0.327. The highest BCUT2D eigenvalue weighted by molar-refractivity contribution is 4.79. The summed E-state index contributed by atoms with van der Waals surface area (Å²) in [4.78, 5) is 0. The van der Waals surface area contributed by atoms with Crippen LogP contribution in [0.4, 0.5) is 0 Å². The first-order valence-electron chi connectivity index (χ1n) is 8.15. The Kier molecular flexibility index (Phi) is 13.6. The molecule has 0 heterocycles. The lowest BCUT2D eigenvalue weighted by molar-refractivity contribution is -0.389. The van der Waals surface area contributed by atoms with Crippen molar-refractivity contribution in [2.75, 3.05) is 35.0 Å². The predicted octanol–water partition coefficient (Wildman–Crippen LogP) is 3.88. The number of methoxy groups -OCH3 is 4. The van der Waals surface area contributed by atoms with Gasteiger partial charge in [-0.1, -0.05) is 39.0 Å². The lowest BCUT2D eigenvalue weighted by Crippen LogP contribution is -2.48. The van der Waals surface area contributed by atoms with E-state index in [1.165, 1.54) is 32.1 Å². The molecule has 132 valence electrons. The molecule has 0 saturated carbocycles. The van der Waals surface area contributed by atoms with Crippen molar-refractivity contribution in [1.29, 1.82) is 0 Å². The van der Waals surface area contributed by atoms with Gasteiger partial charge in [-0.3, -0.25) is 0 Å². The molecule has 0 rings (SSSR count). The van der Waals surface area contributed by atoms with E-state index < -0.39 is 5.97 Å². The second kappa shape index (κ2) is 14.0. The third-order valence-corrected chi connectivity index (χ3v) is 3.67. The van der Waals surface area contributed by atoms with Crippen LogP contribution in [0.1, 0.15) is 51.9 Å². The van der Waals surface area contributed by atoms with Crippen LogP contribution in [0.2, 0.25) is 0 Å². The highest BCUT2D eigenvalue weighted by atomic mass is 16.9. The second-order valence-electron chi connectivity index (χ2n) is 5.22. The smallest absolute Gasteiger partial charge is 0.321 e. The van der Waals surface area contributed by atoms with E-state index in [1.54, 1.807) is 40.8 Å². The number of rotatable bonds is 15. The predicted molar refractivity (Wildman–Crippen MR) is 87.6 cm³/mol. The average Bonchev–Trinajstić information content (AvgIpc) is 2.55. The largest absolute Gasteiger partial charge is 0.490 e. The van der Waals surface area contributed by atoms with Gasteiger partial charge in [0.2, 0.25) is 0 Å². The Balaban J connectivity index is 4.44. The Morgan fingerprint density at radius 2 is 1.45 bits per heavy atom. The van der Waals surface area contributed by atoms with E-state index in [-0.39, 0.29) is 6.10 Å². The van der Waals surface area contributed by atoms with Gasteiger partial charge in [0.05, 0.1) is 12.9 Å². The average molecular weight is 318 g/mol. The lowest BCUT2D eigenvalue weighted by atomic mass is 10.1. The summed E-state index contributed by atoms with van der Waals surface area (Å²) in [7, 11) is 6.32. The van der Waals surface area contributed by atoms with Crippen LogP contribution in [0.3, 0.4) is 0 Å². The fourth-order valence-corrected chi connectivity index (χ4v) is 2.37. The molecule has 0 aliphatic rings. The molecule has 0 saturated heterocycles. The fourth-order valence-electron chi connectivity index (χ4n) is 2.37. The highest BCUT2D eigenvalue weighted by Gasteiger charge is 2.41. The molecular formula is C17H34O5. The summed E-state index contributed by atoms with van der Waals surface area (Å²) in [6, 6.07) is 0. The highest BCUT2D eigenvalue weighted by Crippen LogP contribution is 2.25. The molecule has 0 bridgehead atoms. The summed E-state index contributed by atoms with van der Waals surface area (Å²) in [6.45, 7) is 2.73. The number of unbranched alkanes of at least 4 members (excludes halogenated alkanes) is 5. The van der Waals surface area contributed by atoms with Crippen LogP contribution in [-0.2, 0) is 23.7 Å². The molecule has 0 radical (unpaired) electrons. The van der Waals surface area contributed by atoms with Crippen molar-refractivity contribution in [3.8, 4) is 0 Å². The number of hydrogen-bond acceptors (Lipinski definition) is 5. The summed E-state index contributed by atoms with van der Waals surface area (Å²) in [6.07, 6.45) is 11.2. The molecule has 0 spiro atoms. The van der Waals surface area contributed by atoms with Crippen LogP contribution in [0.25, 0.3) is 0 Å². The zero-order chi connectivity index (χ0) is 16.7. The molecule has 0 amide bonds. The van der Waals surface area contributed by atoms with Gasteiger partial charge >= 0.3 is 5.97 Å². The van der Waals surface area contributed by atoms with Crippen molar-refractivity contribution < 1.29 is 23.7 Å². The topological polar surface area (TPSA) is 46.2 Å². The second-order valence-corrected chi connectivity index (χ2v) is 5.22. The van der Waals surface area contributed by atoms with Gasteiger partial charge in [-0.05, 0) is 18.9 Å². The van der Waals surface area contributed by atoms with Gasteiger partial charge in [-0.15, -0.1) is 0 Å². The standard InChI is InChI=1S/C17H34O5/c1-6-7-8-9-10-11-13-16(22-15-12-14-18-2)17(19-3,20-4)21-5/h12,15-16H,6-11,13-14H2,1-5H3. The van der Waals surface area contributed by atoms with E-state index in [9.17, 15) is 0 Å². The monoisotopic (exact) mass is 318 g/mol. The van der Waals surface area contributed by atoms with Gasteiger partial charge in [-0.25, -0.2) is 0 Å². The molecule has 0 aromatic heterocycles. The van der Waals surface area contributed by atoms with Gasteiger partial charge in [0, 0.05) is 28.4 Å². The van der Waals surface area contributed by atoms with Crippen molar-refractivity contribution in [3.63, 3.8) is 0 Å². The lowest BCUT2D eigenvalue weighted by Gasteiger charge is -2.35. The van der Waals surface area contributed by atoms with Gasteiger partial charge < -0.3 is 23.7 Å². The SMILES string of the molecule is CCCCCCCCC(OC=CCOC)C(OC)(OC)OC. The third-order valence-electron chi connectivity index (χ3n) is 3.67. The quantitative estimate of drug-likeness (QED) is 0.260. The molecule has 0 aromatic carbocycles. The van der Waals surface area contributed by atoms with E-state index in [0.717, 1.165) is 12.8 Å². The van der Waals surface area contributed by atoms with Gasteiger partial charge in [-0.2, -0.15) is 0 Å². The van der Waals surface area contributed by atoms with E-state index in [1.807, 2.05) is 0 Å².